The Kier molecular flexibility index (Phi) is 2.57. The molecule has 2 heterocycles. The quantitative estimate of drug-likeness (QED) is 0.783. The molecule has 0 aromatic carbocycles. The lowest BCUT2D eigenvalue weighted by Crippen LogP contribution is -2.09. The van der Waals surface area contributed by atoms with Gasteiger partial charge >= 0.3 is 0 Å². The number of nitrogens with one attached hydrogen (secondary N) is 1. The van der Waals surface area contributed by atoms with Crippen molar-refractivity contribution >= 4 is 5.90 Å². The molecule has 0 unspecified atom stereocenters. The molecule has 0 aliphatic carbocycles. The van der Waals surface area contributed by atoms with Crippen LogP contribution in [0.25, 0.3) is 0 Å². The third-order valence-electron chi connectivity index (χ3n) is 2.28. The summed E-state index contributed by atoms with van der Waals surface area (Å²) in [5.41, 5.74) is 0.983. The molecule has 0 bridgehead atoms. The highest BCUT2D eigenvalue weighted by Crippen LogP contribution is 2.16. The highest BCUT2D eigenvalue weighted by molar-refractivity contribution is 5.93. The first-order valence-electron chi connectivity index (χ1n) is 5.10. The van der Waals surface area contributed by atoms with Gasteiger partial charge in [0.2, 0.25) is 5.90 Å². The van der Waals surface area contributed by atoms with Gasteiger partial charge in [0.1, 0.15) is 12.3 Å². The maximum absolute atomic E-state index is 5.53. The summed E-state index contributed by atoms with van der Waals surface area (Å²) < 4.78 is 5.53. The van der Waals surface area contributed by atoms with Gasteiger partial charge in [-0.2, -0.15) is 0 Å². The van der Waals surface area contributed by atoms with Crippen molar-refractivity contribution in [3.05, 3.63) is 24.0 Å². The highest BCUT2D eigenvalue weighted by atomic mass is 16.5. The molecule has 0 spiro atoms. The molecule has 0 radical (unpaired) electrons. The lowest BCUT2D eigenvalue weighted by atomic mass is 10.1. The average Bonchev–Trinajstić information content (AvgIpc) is 2.69. The van der Waals surface area contributed by atoms with Crippen molar-refractivity contribution in [1.82, 2.24) is 4.98 Å². The van der Waals surface area contributed by atoms with Gasteiger partial charge in [0.15, 0.2) is 0 Å². The van der Waals surface area contributed by atoms with Gasteiger partial charge in [0.05, 0.1) is 6.04 Å². The molecule has 0 saturated carbocycles. The van der Waals surface area contributed by atoms with Crippen molar-refractivity contribution in [2.24, 2.45) is 10.9 Å². The fourth-order valence-electron chi connectivity index (χ4n) is 1.69. The van der Waals surface area contributed by atoms with Gasteiger partial charge in [-0.1, -0.05) is 13.8 Å². The Bertz CT molecular complexity index is 314. The molecule has 1 atom stereocenters. The summed E-state index contributed by atoms with van der Waals surface area (Å²) in [5, 5.41) is 0. The summed E-state index contributed by atoms with van der Waals surface area (Å²) in [6, 6.07) is 4.28. The zero-order valence-electron chi connectivity index (χ0n) is 8.66. The van der Waals surface area contributed by atoms with Crippen molar-refractivity contribution in [2.75, 3.05) is 6.61 Å². The number of H-pyrrole nitrogens is 1. The van der Waals surface area contributed by atoms with Crippen molar-refractivity contribution < 1.29 is 4.74 Å². The number of aliphatic imine (C=N–C) groups is 1. The molecule has 76 valence electrons. The molecule has 3 nitrogen and oxygen atoms in total. The lowest BCUT2D eigenvalue weighted by Gasteiger charge is -2.06. The number of aromatic amines is 1. The number of hydrogen-bond donors (Lipinski definition) is 1. The maximum Gasteiger partial charge on any atom is 0.233 e. The number of hydrogen-bond acceptors (Lipinski definition) is 2. The Morgan fingerprint density at radius 1 is 1.64 bits per heavy atom. The Morgan fingerprint density at radius 3 is 3.14 bits per heavy atom. The minimum Gasteiger partial charge on any atom is -0.474 e. The third-order valence-corrected chi connectivity index (χ3v) is 2.28. The second-order valence-electron chi connectivity index (χ2n) is 4.11. The second kappa shape index (κ2) is 3.86. The molecule has 3 heteroatoms. The number of aromatic nitrogens is 1. The van der Waals surface area contributed by atoms with Gasteiger partial charge in [0, 0.05) is 6.20 Å². The number of ether oxygens (including phenoxy) is 1. The summed E-state index contributed by atoms with van der Waals surface area (Å²) in [7, 11) is 0. The first-order valence-corrected chi connectivity index (χ1v) is 5.10. The summed E-state index contributed by atoms with van der Waals surface area (Å²) in [6.45, 7) is 5.15. The third kappa shape index (κ3) is 1.97. The van der Waals surface area contributed by atoms with Crippen molar-refractivity contribution in [3.8, 4) is 0 Å². The zero-order chi connectivity index (χ0) is 9.97. The first-order chi connectivity index (χ1) is 6.75. The standard InChI is InChI=1S/C11H16N2O/c1-8(2)6-9-7-14-11(13-9)10-4-3-5-12-10/h3-5,8-9,12H,6-7H2,1-2H3/t9-/m0/s1. The van der Waals surface area contributed by atoms with Crippen LogP contribution in [0.15, 0.2) is 23.3 Å². The van der Waals surface area contributed by atoms with E-state index >= 15 is 0 Å². The first kappa shape index (κ1) is 9.31. The van der Waals surface area contributed by atoms with Gasteiger partial charge < -0.3 is 9.72 Å². The predicted octanol–water partition coefficient (Wildman–Crippen LogP) is 2.21. The zero-order valence-corrected chi connectivity index (χ0v) is 8.66. The molecular formula is C11H16N2O. The fraction of sp³-hybridized carbons (Fsp3) is 0.545. The molecule has 1 aromatic rings. The minimum absolute atomic E-state index is 0.341. The Morgan fingerprint density at radius 2 is 2.50 bits per heavy atom. The lowest BCUT2D eigenvalue weighted by molar-refractivity contribution is 0.301. The largest absolute Gasteiger partial charge is 0.474 e. The normalized spacial score (nSPS) is 21.1. The Balaban J connectivity index is 2.03. The van der Waals surface area contributed by atoms with E-state index in [0.29, 0.717) is 12.0 Å². The predicted molar refractivity (Wildman–Crippen MR) is 56.5 cm³/mol. The summed E-state index contributed by atoms with van der Waals surface area (Å²) in [6.07, 6.45) is 2.99. The molecule has 1 N–H and O–H groups in total. The van der Waals surface area contributed by atoms with E-state index in [1.54, 1.807) is 0 Å². The van der Waals surface area contributed by atoms with E-state index in [1.165, 1.54) is 0 Å². The molecule has 0 saturated heterocycles. The monoisotopic (exact) mass is 192 g/mol. The van der Waals surface area contributed by atoms with Gasteiger partial charge in [-0.05, 0) is 24.5 Å². The molecule has 1 aliphatic heterocycles. The SMILES string of the molecule is CC(C)C[C@H]1COC(c2ccc[nH]2)=N1. The second-order valence-corrected chi connectivity index (χ2v) is 4.11. The van der Waals surface area contributed by atoms with E-state index in [1.807, 2.05) is 18.3 Å². The van der Waals surface area contributed by atoms with Gasteiger partial charge in [0.25, 0.3) is 0 Å². The molecule has 2 rings (SSSR count). The van der Waals surface area contributed by atoms with Crippen LogP contribution in [0.2, 0.25) is 0 Å². The molecule has 1 aliphatic rings. The summed E-state index contributed by atoms with van der Waals surface area (Å²) in [4.78, 5) is 7.63. The summed E-state index contributed by atoms with van der Waals surface area (Å²) in [5.74, 6) is 1.44. The van der Waals surface area contributed by atoms with Crippen LogP contribution in [-0.2, 0) is 4.74 Å². The van der Waals surface area contributed by atoms with E-state index in [9.17, 15) is 0 Å². The molecule has 0 amide bonds. The van der Waals surface area contributed by atoms with Gasteiger partial charge in [-0.3, -0.25) is 0 Å². The average molecular weight is 192 g/mol. The van der Waals surface area contributed by atoms with Crippen LogP contribution in [0.1, 0.15) is 26.0 Å². The highest BCUT2D eigenvalue weighted by Gasteiger charge is 2.20. The van der Waals surface area contributed by atoms with Crippen LogP contribution in [0.5, 0.6) is 0 Å². The smallest absolute Gasteiger partial charge is 0.233 e. The molecule has 14 heavy (non-hydrogen) atoms. The van der Waals surface area contributed by atoms with E-state index < -0.39 is 0 Å². The minimum atomic E-state index is 0.341. The summed E-state index contributed by atoms with van der Waals surface area (Å²) >= 11 is 0. The van der Waals surface area contributed by atoms with E-state index in [0.717, 1.165) is 24.6 Å². The van der Waals surface area contributed by atoms with E-state index in [-0.39, 0.29) is 0 Å². The number of rotatable bonds is 3. The van der Waals surface area contributed by atoms with Crippen LogP contribution >= 0.6 is 0 Å². The molecule has 1 aromatic heterocycles. The van der Waals surface area contributed by atoms with Crippen LogP contribution < -0.4 is 0 Å². The van der Waals surface area contributed by atoms with Crippen LogP contribution in [0.3, 0.4) is 0 Å². The number of nitrogens with zero attached hydrogens (tertiary/aromatic N) is 1. The van der Waals surface area contributed by atoms with E-state index in [2.05, 4.69) is 23.8 Å². The van der Waals surface area contributed by atoms with Crippen LogP contribution in [0, 0.1) is 5.92 Å². The molecule has 0 fully saturated rings. The maximum atomic E-state index is 5.53. The van der Waals surface area contributed by atoms with Crippen LogP contribution in [0.4, 0.5) is 0 Å². The van der Waals surface area contributed by atoms with Gasteiger partial charge in [-0.15, -0.1) is 0 Å². The topological polar surface area (TPSA) is 37.4 Å². The molecular weight excluding hydrogens is 176 g/mol. The van der Waals surface area contributed by atoms with Crippen molar-refractivity contribution in [2.45, 2.75) is 26.3 Å². The fourth-order valence-corrected chi connectivity index (χ4v) is 1.69. The van der Waals surface area contributed by atoms with Crippen molar-refractivity contribution in [3.63, 3.8) is 0 Å². The van der Waals surface area contributed by atoms with Crippen molar-refractivity contribution in [1.29, 1.82) is 0 Å². The van der Waals surface area contributed by atoms with Gasteiger partial charge in [-0.25, -0.2) is 4.99 Å². The Labute approximate surface area is 84.2 Å². The Hall–Kier alpha value is -1.25. The van der Waals surface area contributed by atoms with E-state index in [4.69, 9.17) is 4.74 Å². The van der Waals surface area contributed by atoms with Crippen LogP contribution in [-0.4, -0.2) is 23.5 Å².